The zero-order chi connectivity index (χ0) is 17.3. The van der Waals surface area contributed by atoms with E-state index >= 15 is 0 Å². The quantitative estimate of drug-likeness (QED) is 0.744. The van der Waals surface area contributed by atoms with Crippen LogP contribution in [0.3, 0.4) is 0 Å². The predicted octanol–water partition coefficient (Wildman–Crippen LogP) is 1.19. The summed E-state index contributed by atoms with van der Waals surface area (Å²) >= 11 is 1.51. The standard InChI is InChI=1S/C17H22N8S/c1-3-18-4-2-11(1)13-7-15(26-24-13)23-16-17-20-10-14(12-8-21-22-9-12)25(17)6-5-19-16/h5-8,11-12,14,18,22H,1-4,9-10H2,(H,19,23). The van der Waals surface area contributed by atoms with Crippen LogP contribution in [0.15, 0.2) is 33.6 Å². The average Bonchev–Trinajstić information content (AvgIpc) is 3.43. The SMILES string of the molecule is C1=CN2C(=NCC2C2C=NNC2)C(Nc2cc(C3CCNCC3)ns2)=N1. The molecule has 1 saturated heterocycles. The van der Waals surface area contributed by atoms with Gasteiger partial charge in [-0.2, -0.15) is 9.47 Å². The van der Waals surface area contributed by atoms with E-state index < -0.39 is 0 Å². The lowest BCUT2D eigenvalue weighted by Gasteiger charge is -2.29. The third-order valence-electron chi connectivity index (χ3n) is 5.38. The van der Waals surface area contributed by atoms with Gasteiger partial charge in [0, 0.05) is 37.0 Å². The van der Waals surface area contributed by atoms with E-state index in [1.807, 2.05) is 18.6 Å². The second-order valence-electron chi connectivity index (χ2n) is 6.98. The lowest BCUT2D eigenvalue weighted by molar-refractivity contribution is 0.374. The Balaban J connectivity index is 1.29. The van der Waals surface area contributed by atoms with Crippen molar-refractivity contribution in [3.05, 3.63) is 24.2 Å². The topological polar surface area (TPSA) is 89.3 Å². The van der Waals surface area contributed by atoms with Crippen molar-refractivity contribution in [3.63, 3.8) is 0 Å². The van der Waals surface area contributed by atoms with Crippen LogP contribution in [-0.2, 0) is 0 Å². The number of nitrogens with zero attached hydrogens (tertiary/aromatic N) is 5. The van der Waals surface area contributed by atoms with Gasteiger partial charge in [0.15, 0.2) is 11.7 Å². The fourth-order valence-corrected chi connectivity index (χ4v) is 4.64. The number of aromatic nitrogens is 1. The van der Waals surface area contributed by atoms with Crippen molar-refractivity contribution < 1.29 is 0 Å². The zero-order valence-electron chi connectivity index (χ0n) is 14.4. The number of anilines is 1. The van der Waals surface area contributed by atoms with Crippen LogP contribution in [0.5, 0.6) is 0 Å². The van der Waals surface area contributed by atoms with Gasteiger partial charge in [-0.15, -0.1) is 0 Å². The normalized spacial score (nSPS) is 27.9. The van der Waals surface area contributed by atoms with Gasteiger partial charge in [-0.1, -0.05) is 0 Å². The molecule has 0 radical (unpaired) electrons. The summed E-state index contributed by atoms with van der Waals surface area (Å²) < 4.78 is 4.67. The van der Waals surface area contributed by atoms with E-state index in [1.54, 1.807) is 0 Å². The van der Waals surface area contributed by atoms with Crippen LogP contribution in [0.4, 0.5) is 5.00 Å². The maximum absolute atomic E-state index is 4.74. The van der Waals surface area contributed by atoms with Gasteiger partial charge in [-0.05, 0) is 43.5 Å². The lowest BCUT2D eigenvalue weighted by atomic mass is 9.95. The first-order valence-electron chi connectivity index (χ1n) is 9.16. The van der Waals surface area contributed by atoms with Gasteiger partial charge in [0.25, 0.3) is 0 Å². The Morgan fingerprint density at radius 1 is 1.27 bits per heavy atom. The molecule has 1 aromatic heterocycles. The molecule has 1 aromatic rings. The van der Waals surface area contributed by atoms with Crippen molar-refractivity contribution in [2.45, 2.75) is 24.8 Å². The largest absolute Gasteiger partial charge is 0.328 e. The second kappa shape index (κ2) is 6.81. The maximum atomic E-state index is 4.74. The van der Waals surface area contributed by atoms with Crippen molar-refractivity contribution in [1.82, 2.24) is 20.0 Å². The Labute approximate surface area is 156 Å². The molecule has 0 aliphatic carbocycles. The van der Waals surface area contributed by atoms with Crippen LogP contribution in [0, 0.1) is 5.92 Å². The molecule has 0 aromatic carbocycles. The number of hydrogen-bond donors (Lipinski definition) is 3. The molecule has 4 aliphatic rings. The van der Waals surface area contributed by atoms with Gasteiger partial charge < -0.3 is 21.0 Å². The molecular weight excluding hydrogens is 348 g/mol. The summed E-state index contributed by atoms with van der Waals surface area (Å²) in [4.78, 5) is 11.5. The molecular formula is C17H22N8S. The smallest absolute Gasteiger partial charge is 0.174 e. The first-order valence-corrected chi connectivity index (χ1v) is 9.94. The summed E-state index contributed by atoms with van der Waals surface area (Å²) in [6.07, 6.45) is 8.16. The molecule has 8 nitrogen and oxygen atoms in total. The van der Waals surface area contributed by atoms with Crippen LogP contribution >= 0.6 is 11.5 Å². The molecule has 5 heterocycles. The molecule has 0 bridgehead atoms. The van der Waals surface area contributed by atoms with E-state index in [-0.39, 0.29) is 0 Å². The van der Waals surface area contributed by atoms with Gasteiger partial charge >= 0.3 is 0 Å². The van der Waals surface area contributed by atoms with Crippen LogP contribution < -0.4 is 16.1 Å². The Hall–Kier alpha value is -2.26. The van der Waals surface area contributed by atoms with E-state index in [9.17, 15) is 0 Å². The van der Waals surface area contributed by atoms with E-state index in [2.05, 4.69) is 41.5 Å². The molecule has 5 rings (SSSR count). The third kappa shape index (κ3) is 2.90. The van der Waals surface area contributed by atoms with Crippen LogP contribution in [-0.4, -0.2) is 59.4 Å². The summed E-state index contributed by atoms with van der Waals surface area (Å²) in [5.74, 6) is 2.65. The highest BCUT2D eigenvalue weighted by Gasteiger charge is 2.36. The summed E-state index contributed by atoms with van der Waals surface area (Å²) in [6.45, 7) is 3.79. The summed E-state index contributed by atoms with van der Waals surface area (Å²) in [7, 11) is 0. The molecule has 1 fully saturated rings. The minimum absolute atomic E-state index is 0.305. The summed E-state index contributed by atoms with van der Waals surface area (Å²) in [5.41, 5.74) is 4.24. The Bertz CT molecular complexity index is 788. The number of fused-ring (bicyclic) bond motifs is 1. The Kier molecular flexibility index (Phi) is 4.18. The number of hydrogen-bond acceptors (Lipinski definition) is 9. The zero-order valence-corrected chi connectivity index (χ0v) is 15.2. The molecule has 0 spiro atoms. The lowest BCUT2D eigenvalue weighted by Crippen LogP contribution is -2.44. The van der Waals surface area contributed by atoms with Crippen LogP contribution in [0.25, 0.3) is 0 Å². The van der Waals surface area contributed by atoms with Gasteiger partial charge in [-0.3, -0.25) is 4.99 Å². The van der Waals surface area contributed by atoms with Gasteiger partial charge in [0.05, 0.1) is 18.3 Å². The maximum Gasteiger partial charge on any atom is 0.174 e. The van der Waals surface area contributed by atoms with Crippen molar-refractivity contribution in [3.8, 4) is 0 Å². The first-order chi connectivity index (χ1) is 12.9. The number of piperidine rings is 1. The van der Waals surface area contributed by atoms with Crippen molar-refractivity contribution >= 4 is 34.4 Å². The number of nitrogens with one attached hydrogen (secondary N) is 3. The highest BCUT2D eigenvalue weighted by Crippen LogP contribution is 2.29. The first kappa shape index (κ1) is 16.0. The number of rotatable bonds is 3. The Morgan fingerprint density at radius 3 is 3.04 bits per heavy atom. The van der Waals surface area contributed by atoms with Gasteiger partial charge in [-0.25, -0.2) is 4.99 Å². The molecule has 26 heavy (non-hydrogen) atoms. The van der Waals surface area contributed by atoms with Crippen LogP contribution in [0.2, 0.25) is 0 Å². The molecule has 4 aliphatic heterocycles. The van der Waals surface area contributed by atoms with Gasteiger partial charge in [0.1, 0.15) is 5.00 Å². The minimum atomic E-state index is 0.305. The summed E-state index contributed by atoms with van der Waals surface area (Å²) in [6, 6.07) is 2.48. The van der Waals surface area contributed by atoms with E-state index in [0.29, 0.717) is 17.9 Å². The predicted molar refractivity (Wildman–Crippen MR) is 105 cm³/mol. The molecule has 0 saturated carbocycles. The number of aliphatic imine (C=N–C) groups is 2. The van der Waals surface area contributed by atoms with Gasteiger partial charge in [0.2, 0.25) is 0 Å². The number of hydrazone groups is 1. The fourth-order valence-electron chi connectivity index (χ4n) is 3.92. The molecule has 3 N–H and O–H groups in total. The second-order valence-corrected chi connectivity index (χ2v) is 7.79. The van der Waals surface area contributed by atoms with Crippen molar-refractivity contribution in [1.29, 1.82) is 0 Å². The highest BCUT2D eigenvalue weighted by atomic mass is 32.1. The third-order valence-corrected chi connectivity index (χ3v) is 6.10. The molecule has 9 heteroatoms. The molecule has 136 valence electrons. The monoisotopic (exact) mass is 370 g/mol. The fraction of sp³-hybridized carbons (Fsp3) is 0.529. The summed E-state index contributed by atoms with van der Waals surface area (Å²) in [5, 5.41) is 12.0. The number of amidine groups is 2. The van der Waals surface area contributed by atoms with E-state index in [4.69, 9.17) is 4.99 Å². The highest BCUT2D eigenvalue weighted by molar-refractivity contribution is 7.10. The van der Waals surface area contributed by atoms with E-state index in [0.717, 1.165) is 55.7 Å². The minimum Gasteiger partial charge on any atom is -0.328 e. The molecule has 2 unspecified atom stereocenters. The van der Waals surface area contributed by atoms with Crippen LogP contribution in [0.1, 0.15) is 24.5 Å². The van der Waals surface area contributed by atoms with E-state index in [1.165, 1.54) is 17.2 Å². The van der Waals surface area contributed by atoms with Crippen molar-refractivity contribution in [2.24, 2.45) is 21.0 Å². The average molecular weight is 370 g/mol. The van der Waals surface area contributed by atoms with Crippen molar-refractivity contribution in [2.75, 3.05) is 31.5 Å². The Morgan fingerprint density at radius 2 is 2.19 bits per heavy atom. The molecule has 0 amide bonds. The molecule has 2 atom stereocenters.